The molecule has 0 aliphatic carbocycles. The molecule has 142 valence electrons. The number of fused-ring (bicyclic) bond motifs is 1. The lowest BCUT2D eigenvalue weighted by atomic mass is 10.2. The summed E-state index contributed by atoms with van der Waals surface area (Å²) in [5, 5.41) is 6.79. The number of carbonyl (C=O) groups excluding carboxylic acids is 1. The van der Waals surface area contributed by atoms with Crippen LogP contribution in [0.15, 0.2) is 39.8 Å². The Kier molecular flexibility index (Phi) is 6.18. The van der Waals surface area contributed by atoms with E-state index in [1.165, 1.54) is 22.2 Å². The van der Waals surface area contributed by atoms with Gasteiger partial charge in [-0.25, -0.2) is 10.4 Å². The number of hydrogen-bond donors (Lipinski definition) is 1. The van der Waals surface area contributed by atoms with Crippen LogP contribution >= 0.6 is 22.7 Å². The number of rotatable bonds is 7. The SMILES string of the molecule is CCCc1cc2c(=O)n([C@@H](C)C(=O)N/N=C(/CC)c3cccs3)cnc2s1. The zero-order valence-corrected chi connectivity index (χ0v) is 17.2. The van der Waals surface area contributed by atoms with Crippen LogP contribution in [0.4, 0.5) is 0 Å². The zero-order chi connectivity index (χ0) is 19.4. The van der Waals surface area contributed by atoms with Crippen molar-refractivity contribution in [3.05, 3.63) is 50.0 Å². The van der Waals surface area contributed by atoms with Gasteiger partial charge in [0.25, 0.3) is 11.5 Å². The summed E-state index contributed by atoms with van der Waals surface area (Å²) in [4.78, 5) is 32.6. The number of aromatic nitrogens is 2. The molecule has 0 aliphatic heterocycles. The maximum atomic E-state index is 12.8. The average Bonchev–Trinajstić information content (AvgIpc) is 3.32. The summed E-state index contributed by atoms with van der Waals surface area (Å²) >= 11 is 3.11. The lowest BCUT2D eigenvalue weighted by Gasteiger charge is -2.13. The predicted octanol–water partition coefficient (Wildman–Crippen LogP) is 3.96. The van der Waals surface area contributed by atoms with Crippen molar-refractivity contribution in [1.82, 2.24) is 15.0 Å². The number of carbonyl (C=O) groups is 1. The fourth-order valence-electron chi connectivity index (χ4n) is 2.73. The van der Waals surface area contributed by atoms with Crippen LogP contribution in [0.5, 0.6) is 0 Å². The van der Waals surface area contributed by atoms with E-state index in [-0.39, 0.29) is 11.5 Å². The highest BCUT2D eigenvalue weighted by molar-refractivity contribution is 7.18. The van der Waals surface area contributed by atoms with E-state index in [2.05, 4.69) is 22.4 Å². The summed E-state index contributed by atoms with van der Waals surface area (Å²) in [6, 6.07) is 5.11. The van der Waals surface area contributed by atoms with E-state index in [0.717, 1.165) is 33.1 Å². The summed E-state index contributed by atoms with van der Waals surface area (Å²) in [5.41, 5.74) is 3.21. The first-order valence-corrected chi connectivity index (χ1v) is 10.6. The molecule has 0 aromatic carbocycles. The van der Waals surface area contributed by atoms with Crippen molar-refractivity contribution in [3.8, 4) is 0 Å². The van der Waals surface area contributed by atoms with Crippen LogP contribution in [0.2, 0.25) is 0 Å². The number of nitrogens with one attached hydrogen (secondary N) is 1. The molecule has 1 N–H and O–H groups in total. The zero-order valence-electron chi connectivity index (χ0n) is 15.6. The van der Waals surface area contributed by atoms with Crippen LogP contribution in [-0.4, -0.2) is 21.2 Å². The van der Waals surface area contributed by atoms with Crippen molar-refractivity contribution in [2.24, 2.45) is 5.10 Å². The van der Waals surface area contributed by atoms with Crippen molar-refractivity contribution in [3.63, 3.8) is 0 Å². The Bertz CT molecular complexity index is 1020. The monoisotopic (exact) mass is 402 g/mol. The Hall–Kier alpha value is -2.32. The maximum absolute atomic E-state index is 12.8. The van der Waals surface area contributed by atoms with Crippen molar-refractivity contribution < 1.29 is 4.79 Å². The molecule has 3 aromatic heterocycles. The second-order valence-corrected chi connectivity index (χ2v) is 8.24. The Balaban J connectivity index is 1.82. The van der Waals surface area contributed by atoms with Gasteiger partial charge < -0.3 is 0 Å². The third-order valence-electron chi connectivity index (χ3n) is 4.26. The van der Waals surface area contributed by atoms with Gasteiger partial charge in [0.2, 0.25) is 0 Å². The van der Waals surface area contributed by atoms with E-state index in [1.54, 1.807) is 18.3 Å². The molecule has 0 saturated heterocycles. The number of amides is 1. The highest BCUT2D eigenvalue weighted by Crippen LogP contribution is 2.22. The highest BCUT2D eigenvalue weighted by Gasteiger charge is 2.19. The van der Waals surface area contributed by atoms with Gasteiger partial charge in [-0.2, -0.15) is 5.10 Å². The van der Waals surface area contributed by atoms with Gasteiger partial charge in [-0.15, -0.1) is 22.7 Å². The summed E-state index contributed by atoms with van der Waals surface area (Å²) in [5.74, 6) is -0.343. The summed E-state index contributed by atoms with van der Waals surface area (Å²) in [6.07, 6.45) is 4.10. The minimum Gasteiger partial charge on any atom is -0.286 e. The summed E-state index contributed by atoms with van der Waals surface area (Å²) in [7, 11) is 0. The number of nitrogens with zero attached hydrogens (tertiary/aromatic N) is 3. The first-order chi connectivity index (χ1) is 13.0. The molecule has 1 amide bonds. The number of hydrogen-bond acceptors (Lipinski definition) is 6. The van der Waals surface area contributed by atoms with Crippen LogP contribution in [0.25, 0.3) is 10.2 Å². The van der Waals surface area contributed by atoms with Crippen LogP contribution in [0.1, 0.15) is 49.4 Å². The molecular weight excluding hydrogens is 380 g/mol. The second-order valence-electron chi connectivity index (χ2n) is 6.18. The Morgan fingerprint density at radius 1 is 1.41 bits per heavy atom. The molecule has 0 spiro atoms. The molecule has 0 radical (unpaired) electrons. The van der Waals surface area contributed by atoms with Gasteiger partial charge in [-0.1, -0.05) is 26.3 Å². The van der Waals surface area contributed by atoms with E-state index in [9.17, 15) is 9.59 Å². The summed E-state index contributed by atoms with van der Waals surface area (Å²) in [6.45, 7) is 5.76. The Labute approximate surface area is 165 Å². The fourth-order valence-corrected chi connectivity index (χ4v) is 4.60. The molecule has 3 heterocycles. The first kappa shape index (κ1) is 19.4. The van der Waals surface area contributed by atoms with Gasteiger partial charge in [0, 0.05) is 4.88 Å². The summed E-state index contributed by atoms with van der Waals surface area (Å²) < 4.78 is 1.37. The molecule has 0 saturated carbocycles. The molecule has 0 aliphatic rings. The number of aryl methyl sites for hydroxylation is 1. The average molecular weight is 403 g/mol. The Morgan fingerprint density at radius 2 is 2.22 bits per heavy atom. The smallest absolute Gasteiger partial charge is 0.263 e. The molecule has 3 aromatic rings. The van der Waals surface area contributed by atoms with Gasteiger partial charge in [-0.05, 0) is 37.3 Å². The molecular formula is C19H22N4O2S2. The number of hydrazone groups is 1. The lowest BCUT2D eigenvalue weighted by molar-refractivity contribution is -0.123. The highest BCUT2D eigenvalue weighted by atomic mass is 32.1. The molecule has 27 heavy (non-hydrogen) atoms. The standard InChI is InChI=1S/C19H22N4O2S2/c1-4-7-13-10-14-18(27-13)20-11-23(19(14)25)12(3)17(24)22-21-15(5-2)16-8-6-9-26-16/h6,8-12H,4-5,7H2,1-3H3,(H,22,24)/b21-15-/t12-/m0/s1. The van der Waals surface area contributed by atoms with Crippen LogP contribution in [0, 0.1) is 0 Å². The van der Waals surface area contributed by atoms with Crippen LogP contribution < -0.4 is 11.0 Å². The van der Waals surface area contributed by atoms with Crippen LogP contribution in [0.3, 0.4) is 0 Å². The predicted molar refractivity (Wildman–Crippen MR) is 112 cm³/mol. The van der Waals surface area contributed by atoms with Gasteiger partial charge >= 0.3 is 0 Å². The maximum Gasteiger partial charge on any atom is 0.263 e. The quantitative estimate of drug-likeness (QED) is 0.480. The topological polar surface area (TPSA) is 76.3 Å². The van der Waals surface area contributed by atoms with Gasteiger partial charge in [0.05, 0.1) is 22.3 Å². The Morgan fingerprint density at radius 3 is 2.89 bits per heavy atom. The van der Waals surface area contributed by atoms with Gasteiger partial charge in [0.15, 0.2) is 0 Å². The largest absolute Gasteiger partial charge is 0.286 e. The minimum absolute atomic E-state index is 0.195. The van der Waals surface area contributed by atoms with Crippen LogP contribution in [-0.2, 0) is 11.2 Å². The third-order valence-corrected chi connectivity index (χ3v) is 6.28. The van der Waals surface area contributed by atoms with Crippen molar-refractivity contribution >= 4 is 44.5 Å². The van der Waals surface area contributed by atoms with E-state index in [1.807, 2.05) is 30.5 Å². The molecule has 0 unspecified atom stereocenters. The molecule has 8 heteroatoms. The van der Waals surface area contributed by atoms with E-state index >= 15 is 0 Å². The number of thiophene rings is 2. The van der Waals surface area contributed by atoms with E-state index in [4.69, 9.17) is 0 Å². The molecule has 0 bridgehead atoms. The van der Waals surface area contributed by atoms with Crippen molar-refractivity contribution in [1.29, 1.82) is 0 Å². The fraction of sp³-hybridized carbons (Fsp3) is 0.368. The normalized spacial score (nSPS) is 13.1. The lowest BCUT2D eigenvalue weighted by Crippen LogP contribution is -2.34. The van der Waals surface area contributed by atoms with Gasteiger partial charge in [0.1, 0.15) is 10.9 Å². The third kappa shape index (κ3) is 4.17. The van der Waals surface area contributed by atoms with E-state index in [0.29, 0.717) is 11.8 Å². The molecule has 1 atom stereocenters. The minimum atomic E-state index is -0.700. The van der Waals surface area contributed by atoms with Crippen molar-refractivity contribution in [2.75, 3.05) is 0 Å². The van der Waals surface area contributed by atoms with Crippen molar-refractivity contribution in [2.45, 2.75) is 46.1 Å². The first-order valence-electron chi connectivity index (χ1n) is 8.95. The molecule has 6 nitrogen and oxygen atoms in total. The molecule has 3 rings (SSSR count). The second kappa shape index (κ2) is 8.58. The molecule has 0 fully saturated rings. The van der Waals surface area contributed by atoms with E-state index < -0.39 is 6.04 Å². The van der Waals surface area contributed by atoms with Gasteiger partial charge in [-0.3, -0.25) is 14.2 Å².